The molecule has 1 aromatic carbocycles. The zero-order valence-corrected chi connectivity index (χ0v) is 11.7. The van der Waals surface area contributed by atoms with Crippen LogP contribution in [0.15, 0.2) is 18.2 Å². The number of benzene rings is 1. The van der Waals surface area contributed by atoms with Crippen molar-refractivity contribution >= 4 is 23.2 Å². The third kappa shape index (κ3) is 3.61. The second kappa shape index (κ2) is 5.60. The molecule has 0 radical (unpaired) electrons. The molecule has 0 saturated heterocycles. The zero-order chi connectivity index (χ0) is 12.3. The maximum atomic E-state index is 6.21. The van der Waals surface area contributed by atoms with Crippen molar-refractivity contribution in [3.05, 3.63) is 33.8 Å². The van der Waals surface area contributed by atoms with Gasteiger partial charge in [-0.1, -0.05) is 30.1 Å². The van der Waals surface area contributed by atoms with Crippen molar-refractivity contribution < 1.29 is 0 Å². The topological polar surface area (TPSA) is 12.0 Å². The summed E-state index contributed by atoms with van der Waals surface area (Å²) in [5.74, 6) is 0. The summed E-state index contributed by atoms with van der Waals surface area (Å²) >= 11 is 12.2. The Bertz CT molecular complexity index is 386. The molecular weight excluding hydrogens is 253 g/mol. The van der Waals surface area contributed by atoms with Gasteiger partial charge in [-0.15, -0.1) is 0 Å². The molecule has 17 heavy (non-hydrogen) atoms. The van der Waals surface area contributed by atoms with Crippen LogP contribution in [0.25, 0.3) is 0 Å². The van der Waals surface area contributed by atoms with E-state index in [1.54, 1.807) is 0 Å². The Morgan fingerprint density at radius 2 is 2.06 bits per heavy atom. The van der Waals surface area contributed by atoms with E-state index in [1.165, 1.54) is 24.8 Å². The fourth-order valence-electron chi connectivity index (χ4n) is 2.21. The van der Waals surface area contributed by atoms with Crippen molar-refractivity contribution in [2.24, 2.45) is 5.41 Å². The standard InChI is InChI=1S/C14H19Cl2N/c1-2-7-17-10-14(5-6-14)9-11-8-12(15)3-4-13(11)16/h3-4,8,17H,2,5-7,9-10H2,1H3. The molecule has 1 saturated carbocycles. The van der Waals surface area contributed by atoms with Crippen LogP contribution in [0, 0.1) is 5.41 Å². The molecule has 1 aromatic rings. The summed E-state index contributed by atoms with van der Waals surface area (Å²) in [6, 6.07) is 5.75. The van der Waals surface area contributed by atoms with Gasteiger partial charge in [-0.3, -0.25) is 0 Å². The minimum absolute atomic E-state index is 0.434. The van der Waals surface area contributed by atoms with Crippen LogP contribution < -0.4 is 5.32 Å². The van der Waals surface area contributed by atoms with E-state index >= 15 is 0 Å². The van der Waals surface area contributed by atoms with Crippen LogP contribution in [-0.4, -0.2) is 13.1 Å². The number of nitrogens with one attached hydrogen (secondary N) is 1. The summed E-state index contributed by atoms with van der Waals surface area (Å²) in [7, 11) is 0. The Labute approximate surface area is 114 Å². The van der Waals surface area contributed by atoms with E-state index in [1.807, 2.05) is 18.2 Å². The molecule has 0 aliphatic heterocycles. The van der Waals surface area contributed by atoms with E-state index in [0.717, 1.165) is 29.6 Å². The first-order valence-electron chi connectivity index (χ1n) is 6.30. The quantitative estimate of drug-likeness (QED) is 0.761. The van der Waals surface area contributed by atoms with Gasteiger partial charge in [0.25, 0.3) is 0 Å². The Kier molecular flexibility index (Phi) is 4.35. The Balaban J connectivity index is 1.97. The third-order valence-electron chi connectivity index (χ3n) is 3.46. The van der Waals surface area contributed by atoms with Crippen molar-refractivity contribution in [1.82, 2.24) is 5.32 Å². The monoisotopic (exact) mass is 271 g/mol. The zero-order valence-electron chi connectivity index (χ0n) is 10.2. The van der Waals surface area contributed by atoms with E-state index in [4.69, 9.17) is 23.2 Å². The van der Waals surface area contributed by atoms with E-state index in [9.17, 15) is 0 Å². The third-order valence-corrected chi connectivity index (χ3v) is 4.06. The molecule has 0 spiro atoms. The molecule has 0 amide bonds. The highest BCUT2D eigenvalue weighted by atomic mass is 35.5. The minimum atomic E-state index is 0.434. The van der Waals surface area contributed by atoms with Crippen molar-refractivity contribution in [3.8, 4) is 0 Å². The van der Waals surface area contributed by atoms with Gasteiger partial charge in [-0.2, -0.15) is 0 Å². The molecule has 94 valence electrons. The van der Waals surface area contributed by atoms with Gasteiger partial charge in [-0.25, -0.2) is 0 Å². The van der Waals surface area contributed by atoms with Gasteiger partial charge < -0.3 is 5.32 Å². The summed E-state index contributed by atoms with van der Waals surface area (Å²) in [5.41, 5.74) is 1.62. The molecule has 0 heterocycles. The van der Waals surface area contributed by atoms with Crippen molar-refractivity contribution in [2.45, 2.75) is 32.6 Å². The molecular formula is C14H19Cl2N. The lowest BCUT2D eigenvalue weighted by Gasteiger charge is -2.17. The maximum absolute atomic E-state index is 6.21. The van der Waals surface area contributed by atoms with Crippen LogP contribution in [0.4, 0.5) is 0 Å². The highest BCUT2D eigenvalue weighted by Crippen LogP contribution is 2.48. The molecule has 1 aliphatic rings. The average Bonchev–Trinajstić information content (AvgIpc) is 3.04. The lowest BCUT2D eigenvalue weighted by atomic mass is 9.96. The van der Waals surface area contributed by atoms with E-state index in [2.05, 4.69) is 12.2 Å². The van der Waals surface area contributed by atoms with Gasteiger partial charge in [0.2, 0.25) is 0 Å². The average molecular weight is 272 g/mol. The van der Waals surface area contributed by atoms with Gasteiger partial charge in [0, 0.05) is 16.6 Å². The number of halogens is 2. The second-order valence-corrected chi connectivity index (χ2v) is 5.93. The van der Waals surface area contributed by atoms with Gasteiger partial charge in [0.15, 0.2) is 0 Å². The number of rotatable bonds is 6. The predicted molar refractivity (Wildman–Crippen MR) is 75.0 cm³/mol. The second-order valence-electron chi connectivity index (χ2n) is 5.09. The van der Waals surface area contributed by atoms with Crippen LogP contribution in [0.1, 0.15) is 31.7 Å². The summed E-state index contributed by atoms with van der Waals surface area (Å²) in [4.78, 5) is 0. The van der Waals surface area contributed by atoms with Gasteiger partial charge in [-0.05, 0) is 61.4 Å². The lowest BCUT2D eigenvalue weighted by molar-refractivity contribution is 0.456. The highest BCUT2D eigenvalue weighted by Gasteiger charge is 2.42. The van der Waals surface area contributed by atoms with Gasteiger partial charge in [0.1, 0.15) is 0 Å². The SMILES string of the molecule is CCCNCC1(Cc2cc(Cl)ccc2Cl)CC1. The molecule has 1 N–H and O–H groups in total. The van der Waals surface area contributed by atoms with Crippen LogP contribution in [0.2, 0.25) is 10.0 Å². The number of hydrogen-bond donors (Lipinski definition) is 1. The summed E-state index contributed by atoms with van der Waals surface area (Å²) in [6.45, 7) is 4.40. The summed E-state index contributed by atoms with van der Waals surface area (Å²) in [6.07, 6.45) is 4.83. The normalized spacial score (nSPS) is 17.1. The fourth-order valence-corrected chi connectivity index (χ4v) is 2.59. The molecule has 1 fully saturated rings. The molecule has 0 atom stereocenters. The summed E-state index contributed by atoms with van der Waals surface area (Å²) in [5, 5.41) is 5.14. The molecule has 3 heteroatoms. The molecule has 0 aromatic heterocycles. The Morgan fingerprint density at radius 1 is 1.29 bits per heavy atom. The fraction of sp³-hybridized carbons (Fsp3) is 0.571. The highest BCUT2D eigenvalue weighted by molar-refractivity contribution is 6.33. The largest absolute Gasteiger partial charge is 0.316 e. The molecule has 2 rings (SSSR count). The molecule has 1 nitrogen and oxygen atoms in total. The first kappa shape index (κ1) is 13.2. The molecule has 0 unspecified atom stereocenters. The van der Waals surface area contributed by atoms with Gasteiger partial charge in [0.05, 0.1) is 0 Å². The van der Waals surface area contributed by atoms with E-state index < -0.39 is 0 Å². The Hall–Kier alpha value is -0.240. The lowest BCUT2D eigenvalue weighted by Crippen LogP contribution is -2.26. The van der Waals surface area contributed by atoms with E-state index in [-0.39, 0.29) is 0 Å². The smallest absolute Gasteiger partial charge is 0.0439 e. The van der Waals surface area contributed by atoms with Crippen molar-refractivity contribution in [3.63, 3.8) is 0 Å². The van der Waals surface area contributed by atoms with Crippen LogP contribution in [-0.2, 0) is 6.42 Å². The van der Waals surface area contributed by atoms with Crippen LogP contribution in [0.3, 0.4) is 0 Å². The van der Waals surface area contributed by atoms with Crippen LogP contribution in [0.5, 0.6) is 0 Å². The predicted octanol–water partition coefficient (Wildman–Crippen LogP) is 4.32. The Morgan fingerprint density at radius 3 is 2.71 bits per heavy atom. The molecule has 0 bridgehead atoms. The van der Waals surface area contributed by atoms with Crippen molar-refractivity contribution in [2.75, 3.05) is 13.1 Å². The van der Waals surface area contributed by atoms with Crippen molar-refractivity contribution in [1.29, 1.82) is 0 Å². The first-order chi connectivity index (χ1) is 8.15. The number of hydrogen-bond acceptors (Lipinski definition) is 1. The van der Waals surface area contributed by atoms with Crippen LogP contribution >= 0.6 is 23.2 Å². The maximum Gasteiger partial charge on any atom is 0.0439 e. The minimum Gasteiger partial charge on any atom is -0.316 e. The first-order valence-corrected chi connectivity index (χ1v) is 7.05. The van der Waals surface area contributed by atoms with E-state index in [0.29, 0.717) is 5.41 Å². The summed E-state index contributed by atoms with van der Waals surface area (Å²) < 4.78 is 0. The molecule has 1 aliphatic carbocycles. The van der Waals surface area contributed by atoms with Gasteiger partial charge >= 0.3 is 0 Å².